The summed E-state index contributed by atoms with van der Waals surface area (Å²) in [5.74, 6) is 0.999. The molecule has 0 amide bonds. The molecule has 2 heterocycles. The molecule has 0 aliphatic heterocycles. The van der Waals surface area contributed by atoms with E-state index < -0.39 is 0 Å². The molecule has 0 unspecified atom stereocenters. The van der Waals surface area contributed by atoms with Gasteiger partial charge in [-0.05, 0) is 55.3 Å². The van der Waals surface area contributed by atoms with Crippen molar-refractivity contribution < 1.29 is 9.52 Å². The zero-order valence-corrected chi connectivity index (χ0v) is 13.3. The minimum Gasteiger partial charge on any atom is -0.508 e. The third-order valence-electron chi connectivity index (χ3n) is 3.71. The maximum absolute atomic E-state index is 9.47. The number of pyridine rings is 1. The van der Waals surface area contributed by atoms with E-state index in [2.05, 4.69) is 24.0 Å². The van der Waals surface area contributed by atoms with Gasteiger partial charge < -0.3 is 9.52 Å². The van der Waals surface area contributed by atoms with E-state index in [-0.39, 0.29) is 5.75 Å². The van der Waals surface area contributed by atoms with Crippen LogP contribution in [0.5, 0.6) is 5.75 Å². The van der Waals surface area contributed by atoms with Crippen molar-refractivity contribution in [2.24, 2.45) is 0 Å². The van der Waals surface area contributed by atoms with Crippen LogP contribution in [0.3, 0.4) is 0 Å². The summed E-state index contributed by atoms with van der Waals surface area (Å²) in [4.78, 5) is 4.55. The van der Waals surface area contributed by atoms with Crippen LogP contribution in [0.1, 0.15) is 29.6 Å². The van der Waals surface area contributed by atoms with Crippen molar-refractivity contribution in [3.8, 4) is 5.75 Å². The molecule has 1 aromatic carbocycles. The van der Waals surface area contributed by atoms with E-state index in [0.29, 0.717) is 0 Å². The molecule has 0 atom stereocenters. The zero-order chi connectivity index (χ0) is 16.2. The Balaban J connectivity index is 1.74. The molecule has 1 N–H and O–H groups in total. The fourth-order valence-electron chi connectivity index (χ4n) is 2.44. The minimum atomic E-state index is 0.243. The number of allylic oxidation sites excluding steroid dienone is 2. The van der Waals surface area contributed by atoms with Gasteiger partial charge in [0.25, 0.3) is 0 Å². The molecule has 0 saturated heterocycles. The van der Waals surface area contributed by atoms with Crippen molar-refractivity contribution in [2.75, 3.05) is 0 Å². The third-order valence-corrected chi connectivity index (χ3v) is 3.71. The van der Waals surface area contributed by atoms with E-state index in [1.165, 1.54) is 0 Å². The molecule has 0 radical (unpaired) electrons. The minimum absolute atomic E-state index is 0.243. The van der Waals surface area contributed by atoms with Gasteiger partial charge in [-0.15, -0.1) is 0 Å². The summed E-state index contributed by atoms with van der Waals surface area (Å²) >= 11 is 0. The van der Waals surface area contributed by atoms with E-state index in [1.807, 2.05) is 37.3 Å². The highest BCUT2D eigenvalue weighted by Gasteiger charge is 2.01. The Kier molecular flexibility index (Phi) is 4.29. The number of hydrogen-bond acceptors (Lipinski definition) is 3. The summed E-state index contributed by atoms with van der Waals surface area (Å²) in [5.41, 5.74) is 4.02. The Morgan fingerprint density at radius 2 is 1.91 bits per heavy atom. The van der Waals surface area contributed by atoms with Crippen LogP contribution in [-0.2, 0) is 6.42 Å². The van der Waals surface area contributed by atoms with Crippen molar-refractivity contribution in [3.63, 3.8) is 0 Å². The average Bonchev–Trinajstić information content (AvgIpc) is 2.94. The number of furan rings is 1. The van der Waals surface area contributed by atoms with Gasteiger partial charge >= 0.3 is 0 Å². The van der Waals surface area contributed by atoms with Crippen molar-refractivity contribution in [1.82, 2.24) is 4.98 Å². The largest absolute Gasteiger partial charge is 0.508 e. The van der Waals surface area contributed by atoms with E-state index in [4.69, 9.17) is 4.42 Å². The van der Waals surface area contributed by atoms with Crippen molar-refractivity contribution in [3.05, 3.63) is 71.3 Å². The lowest BCUT2D eigenvalue weighted by Gasteiger charge is -2.01. The Labute approximate surface area is 135 Å². The SMILES string of the molecule is CCc1ccc(/C=C/C=C/c2cc3cc(O)ccc3o2)c(C)n1. The fraction of sp³-hybridized carbons (Fsp3) is 0.150. The number of aryl methyl sites for hydroxylation is 2. The van der Waals surface area contributed by atoms with E-state index in [1.54, 1.807) is 18.2 Å². The lowest BCUT2D eigenvalue weighted by molar-refractivity contribution is 0.476. The van der Waals surface area contributed by atoms with Gasteiger partial charge in [-0.2, -0.15) is 0 Å². The summed E-state index contributed by atoms with van der Waals surface area (Å²) in [5, 5.41) is 10.4. The smallest absolute Gasteiger partial charge is 0.135 e. The number of hydrogen-bond donors (Lipinski definition) is 1. The molecular weight excluding hydrogens is 286 g/mol. The molecule has 3 heteroatoms. The van der Waals surface area contributed by atoms with Crippen molar-refractivity contribution >= 4 is 23.1 Å². The Bertz CT molecular complexity index is 888. The third kappa shape index (κ3) is 3.51. The molecule has 3 rings (SSSR count). The number of benzene rings is 1. The second kappa shape index (κ2) is 6.53. The lowest BCUT2D eigenvalue weighted by Crippen LogP contribution is -1.92. The first-order chi connectivity index (χ1) is 11.2. The van der Waals surface area contributed by atoms with Gasteiger partial charge in [-0.25, -0.2) is 0 Å². The van der Waals surface area contributed by atoms with Crippen LogP contribution in [0.4, 0.5) is 0 Å². The Morgan fingerprint density at radius 1 is 1.09 bits per heavy atom. The summed E-state index contributed by atoms with van der Waals surface area (Å²) in [6.07, 6.45) is 8.79. The lowest BCUT2D eigenvalue weighted by atomic mass is 10.1. The second-order valence-electron chi connectivity index (χ2n) is 5.42. The number of phenolic OH excluding ortho intramolecular Hbond substituents is 1. The highest BCUT2D eigenvalue weighted by Crippen LogP contribution is 2.24. The number of fused-ring (bicyclic) bond motifs is 1. The first-order valence-corrected chi connectivity index (χ1v) is 7.69. The number of aromatic nitrogens is 1. The standard InChI is InChI=1S/C20H19NO2/c1-3-17-9-8-15(14(2)21-17)6-4-5-7-19-13-16-12-18(22)10-11-20(16)23-19/h4-13,22H,3H2,1-2H3/b6-4+,7-5+. The molecule has 3 nitrogen and oxygen atoms in total. The summed E-state index contributed by atoms with van der Waals surface area (Å²) in [6, 6.07) is 11.1. The van der Waals surface area contributed by atoms with Gasteiger partial charge in [0.15, 0.2) is 0 Å². The Hall–Kier alpha value is -2.81. The molecule has 3 aromatic rings. The molecule has 23 heavy (non-hydrogen) atoms. The predicted octanol–water partition coefficient (Wildman–Crippen LogP) is 5.13. The predicted molar refractivity (Wildman–Crippen MR) is 94.3 cm³/mol. The first kappa shape index (κ1) is 15.1. The molecule has 0 aliphatic carbocycles. The van der Waals surface area contributed by atoms with Gasteiger partial charge in [0.05, 0.1) is 0 Å². The summed E-state index contributed by atoms with van der Waals surface area (Å²) in [6.45, 7) is 4.13. The summed E-state index contributed by atoms with van der Waals surface area (Å²) < 4.78 is 5.69. The number of rotatable bonds is 4. The summed E-state index contributed by atoms with van der Waals surface area (Å²) in [7, 11) is 0. The van der Waals surface area contributed by atoms with Crippen LogP contribution in [0.25, 0.3) is 23.1 Å². The molecule has 0 aliphatic rings. The van der Waals surface area contributed by atoms with Gasteiger partial charge in [-0.1, -0.05) is 31.2 Å². The quantitative estimate of drug-likeness (QED) is 0.680. The van der Waals surface area contributed by atoms with Crippen molar-refractivity contribution in [2.45, 2.75) is 20.3 Å². The van der Waals surface area contributed by atoms with Crippen LogP contribution >= 0.6 is 0 Å². The van der Waals surface area contributed by atoms with Gasteiger partial charge in [0.1, 0.15) is 17.1 Å². The number of aromatic hydroxyl groups is 1. The van der Waals surface area contributed by atoms with E-state index >= 15 is 0 Å². The normalized spacial score (nSPS) is 11.9. The molecule has 2 aromatic heterocycles. The first-order valence-electron chi connectivity index (χ1n) is 7.69. The second-order valence-corrected chi connectivity index (χ2v) is 5.42. The van der Waals surface area contributed by atoms with Crippen molar-refractivity contribution in [1.29, 1.82) is 0 Å². The number of phenols is 1. The molecule has 0 fully saturated rings. The highest BCUT2D eigenvalue weighted by molar-refractivity contribution is 5.81. The van der Waals surface area contributed by atoms with E-state index in [0.717, 1.165) is 40.1 Å². The highest BCUT2D eigenvalue weighted by atomic mass is 16.3. The van der Waals surface area contributed by atoms with Crippen LogP contribution < -0.4 is 0 Å². The topological polar surface area (TPSA) is 46.3 Å². The van der Waals surface area contributed by atoms with Gasteiger partial charge in [0.2, 0.25) is 0 Å². The average molecular weight is 305 g/mol. The molecule has 0 spiro atoms. The zero-order valence-electron chi connectivity index (χ0n) is 13.3. The number of nitrogens with zero attached hydrogens (tertiary/aromatic N) is 1. The van der Waals surface area contributed by atoms with Crippen LogP contribution in [0.15, 0.2) is 53.0 Å². The molecular formula is C20H19NO2. The monoisotopic (exact) mass is 305 g/mol. The maximum Gasteiger partial charge on any atom is 0.135 e. The van der Waals surface area contributed by atoms with Crippen LogP contribution in [-0.4, -0.2) is 10.1 Å². The Morgan fingerprint density at radius 3 is 2.70 bits per heavy atom. The maximum atomic E-state index is 9.47. The van der Waals surface area contributed by atoms with E-state index in [9.17, 15) is 5.11 Å². The molecule has 0 bridgehead atoms. The van der Waals surface area contributed by atoms with Gasteiger partial charge in [-0.3, -0.25) is 4.98 Å². The molecule has 116 valence electrons. The van der Waals surface area contributed by atoms with Gasteiger partial charge in [0, 0.05) is 16.8 Å². The van der Waals surface area contributed by atoms with Crippen LogP contribution in [0, 0.1) is 6.92 Å². The fourth-order valence-corrected chi connectivity index (χ4v) is 2.44. The van der Waals surface area contributed by atoms with Crippen LogP contribution in [0.2, 0.25) is 0 Å². The molecule has 0 saturated carbocycles.